The van der Waals surface area contributed by atoms with Gasteiger partial charge in [-0.15, -0.1) is 0 Å². The van der Waals surface area contributed by atoms with Gasteiger partial charge < -0.3 is 14.6 Å². The van der Waals surface area contributed by atoms with E-state index in [9.17, 15) is 4.79 Å². The molecule has 5 nitrogen and oxygen atoms in total. The summed E-state index contributed by atoms with van der Waals surface area (Å²) < 4.78 is 1.91. The molecule has 1 amide bonds. The van der Waals surface area contributed by atoms with Gasteiger partial charge in [-0.05, 0) is 12.3 Å². The maximum Gasteiger partial charge on any atom is 0.223 e. The smallest absolute Gasteiger partial charge is 0.223 e. The third-order valence-corrected chi connectivity index (χ3v) is 4.23. The Balaban J connectivity index is 1.86. The lowest BCUT2D eigenvalue weighted by Crippen LogP contribution is -2.33. The lowest BCUT2D eigenvalue weighted by atomic mass is 10.0. The highest BCUT2D eigenvalue weighted by atomic mass is 16.3. The lowest BCUT2D eigenvalue weighted by molar-refractivity contribution is -0.132. The van der Waals surface area contributed by atoms with Crippen molar-refractivity contribution < 1.29 is 9.90 Å². The molecule has 1 aliphatic rings. The van der Waals surface area contributed by atoms with Crippen LogP contribution in [0.2, 0.25) is 0 Å². The molecule has 1 N–H and O–H groups in total. The Morgan fingerprint density at radius 3 is 2.85 bits per heavy atom. The van der Waals surface area contributed by atoms with Crippen LogP contribution in [0.15, 0.2) is 12.5 Å². The first-order valence-corrected chi connectivity index (χ1v) is 7.54. The largest absolute Gasteiger partial charge is 0.395 e. The minimum Gasteiger partial charge on any atom is -0.395 e. The van der Waals surface area contributed by atoms with E-state index in [1.807, 2.05) is 11.6 Å². The second-order valence-electron chi connectivity index (χ2n) is 5.72. The van der Waals surface area contributed by atoms with E-state index < -0.39 is 0 Å². The number of hydrogen-bond donors (Lipinski definition) is 1. The van der Waals surface area contributed by atoms with Gasteiger partial charge in [0, 0.05) is 26.2 Å². The molecule has 1 saturated carbocycles. The number of rotatable bonds is 7. The standard InChI is InChI=1S/C15H25N3O2/c1-17-12-16-10-14(17)11-18(8-9-19)15(20)7-6-13-4-2-3-5-13/h10,12-13,19H,2-9,11H2,1H3. The van der Waals surface area contributed by atoms with Crippen molar-refractivity contribution in [3.05, 3.63) is 18.2 Å². The zero-order chi connectivity index (χ0) is 14.4. The third-order valence-electron chi connectivity index (χ3n) is 4.23. The number of carbonyl (C=O) groups is 1. The molecule has 0 spiro atoms. The second kappa shape index (κ2) is 7.43. The van der Waals surface area contributed by atoms with Gasteiger partial charge in [-0.3, -0.25) is 4.79 Å². The average Bonchev–Trinajstić information content (AvgIpc) is 3.08. The Labute approximate surface area is 120 Å². The molecule has 0 aromatic carbocycles. The van der Waals surface area contributed by atoms with Crippen LogP contribution in [0.3, 0.4) is 0 Å². The molecule has 0 aliphatic heterocycles. The molecule has 0 atom stereocenters. The number of carbonyl (C=O) groups excluding carboxylic acids is 1. The molecule has 1 heterocycles. The Kier molecular flexibility index (Phi) is 5.59. The summed E-state index contributed by atoms with van der Waals surface area (Å²) in [6.45, 7) is 0.933. The average molecular weight is 279 g/mol. The van der Waals surface area contributed by atoms with E-state index in [4.69, 9.17) is 5.11 Å². The maximum atomic E-state index is 12.3. The molecule has 112 valence electrons. The number of aliphatic hydroxyl groups is 1. The van der Waals surface area contributed by atoms with E-state index in [0.717, 1.165) is 18.0 Å². The first-order valence-electron chi connectivity index (χ1n) is 7.54. The number of aromatic nitrogens is 2. The Morgan fingerprint density at radius 2 is 2.25 bits per heavy atom. The van der Waals surface area contributed by atoms with Gasteiger partial charge in [0.05, 0.1) is 25.2 Å². The Morgan fingerprint density at radius 1 is 1.50 bits per heavy atom. The van der Waals surface area contributed by atoms with E-state index in [1.165, 1.54) is 25.7 Å². The zero-order valence-electron chi connectivity index (χ0n) is 12.3. The zero-order valence-corrected chi connectivity index (χ0v) is 12.3. The number of nitrogens with zero attached hydrogens (tertiary/aromatic N) is 3. The van der Waals surface area contributed by atoms with Crippen LogP contribution in [0.4, 0.5) is 0 Å². The van der Waals surface area contributed by atoms with Gasteiger partial charge in [0.15, 0.2) is 0 Å². The quantitative estimate of drug-likeness (QED) is 0.826. The monoisotopic (exact) mass is 279 g/mol. The highest BCUT2D eigenvalue weighted by Crippen LogP contribution is 2.28. The van der Waals surface area contributed by atoms with Crippen LogP contribution in [-0.2, 0) is 18.4 Å². The fourth-order valence-electron chi connectivity index (χ4n) is 2.93. The summed E-state index contributed by atoms with van der Waals surface area (Å²) in [6.07, 6.45) is 10.3. The second-order valence-corrected chi connectivity index (χ2v) is 5.72. The molecule has 1 aromatic heterocycles. The summed E-state index contributed by atoms with van der Waals surface area (Å²) in [5, 5.41) is 9.15. The fraction of sp³-hybridized carbons (Fsp3) is 0.733. The number of hydrogen-bond acceptors (Lipinski definition) is 3. The lowest BCUT2D eigenvalue weighted by Gasteiger charge is -2.22. The van der Waals surface area contributed by atoms with Crippen molar-refractivity contribution in [1.29, 1.82) is 0 Å². The van der Waals surface area contributed by atoms with Crippen LogP contribution in [0.5, 0.6) is 0 Å². The first kappa shape index (κ1) is 15.0. The maximum absolute atomic E-state index is 12.3. The minimum atomic E-state index is 0.00696. The van der Waals surface area contributed by atoms with Crippen molar-refractivity contribution >= 4 is 5.91 Å². The van der Waals surface area contributed by atoms with Crippen LogP contribution in [0, 0.1) is 5.92 Å². The molecule has 2 rings (SSSR count). The van der Waals surface area contributed by atoms with Crippen molar-refractivity contribution in [2.24, 2.45) is 13.0 Å². The summed E-state index contributed by atoms with van der Waals surface area (Å²) in [6, 6.07) is 0. The van der Waals surface area contributed by atoms with Gasteiger partial charge in [0.1, 0.15) is 0 Å². The summed E-state index contributed by atoms with van der Waals surface area (Å²) in [4.78, 5) is 18.1. The third kappa shape index (κ3) is 4.07. The van der Waals surface area contributed by atoms with E-state index in [2.05, 4.69) is 4.98 Å². The normalized spacial score (nSPS) is 15.7. The Bertz CT molecular complexity index is 425. The summed E-state index contributed by atoms with van der Waals surface area (Å²) in [5.41, 5.74) is 0.993. The van der Waals surface area contributed by atoms with Gasteiger partial charge >= 0.3 is 0 Å². The molecular formula is C15H25N3O2. The number of imidazole rings is 1. The predicted octanol–water partition coefficient (Wildman–Crippen LogP) is 1.71. The van der Waals surface area contributed by atoms with Gasteiger partial charge in [-0.1, -0.05) is 25.7 Å². The number of aryl methyl sites for hydroxylation is 1. The summed E-state index contributed by atoms with van der Waals surface area (Å²) in [7, 11) is 1.92. The summed E-state index contributed by atoms with van der Waals surface area (Å²) in [5.74, 6) is 0.874. The van der Waals surface area contributed by atoms with E-state index in [-0.39, 0.29) is 12.5 Å². The first-order chi connectivity index (χ1) is 9.70. The topological polar surface area (TPSA) is 58.4 Å². The van der Waals surface area contributed by atoms with Crippen LogP contribution in [0.25, 0.3) is 0 Å². The number of aliphatic hydroxyl groups excluding tert-OH is 1. The molecule has 0 saturated heterocycles. The molecule has 1 aromatic rings. The Hall–Kier alpha value is -1.36. The molecule has 0 unspecified atom stereocenters. The highest BCUT2D eigenvalue weighted by Gasteiger charge is 2.19. The van der Waals surface area contributed by atoms with Crippen LogP contribution < -0.4 is 0 Å². The van der Waals surface area contributed by atoms with E-state index in [1.54, 1.807) is 17.4 Å². The summed E-state index contributed by atoms with van der Waals surface area (Å²) >= 11 is 0. The van der Waals surface area contributed by atoms with Gasteiger partial charge in [-0.25, -0.2) is 4.98 Å². The van der Waals surface area contributed by atoms with Crippen LogP contribution in [-0.4, -0.2) is 38.6 Å². The van der Waals surface area contributed by atoms with E-state index in [0.29, 0.717) is 19.5 Å². The van der Waals surface area contributed by atoms with Crippen molar-refractivity contribution in [1.82, 2.24) is 14.5 Å². The fourth-order valence-corrected chi connectivity index (χ4v) is 2.93. The van der Waals surface area contributed by atoms with Crippen LogP contribution >= 0.6 is 0 Å². The molecule has 20 heavy (non-hydrogen) atoms. The predicted molar refractivity (Wildman–Crippen MR) is 76.9 cm³/mol. The van der Waals surface area contributed by atoms with Crippen molar-refractivity contribution in [2.75, 3.05) is 13.2 Å². The molecule has 1 fully saturated rings. The molecule has 0 radical (unpaired) electrons. The molecule has 5 heteroatoms. The molecular weight excluding hydrogens is 254 g/mol. The van der Waals surface area contributed by atoms with Gasteiger partial charge in [0.2, 0.25) is 5.91 Å². The SMILES string of the molecule is Cn1cncc1CN(CCO)C(=O)CCC1CCCC1. The number of amides is 1. The van der Waals surface area contributed by atoms with Gasteiger partial charge in [0.25, 0.3) is 0 Å². The highest BCUT2D eigenvalue weighted by molar-refractivity contribution is 5.76. The van der Waals surface area contributed by atoms with Gasteiger partial charge in [-0.2, -0.15) is 0 Å². The molecule has 1 aliphatic carbocycles. The van der Waals surface area contributed by atoms with Crippen LogP contribution in [0.1, 0.15) is 44.2 Å². The molecule has 0 bridgehead atoms. The minimum absolute atomic E-state index is 0.00696. The van der Waals surface area contributed by atoms with Crippen molar-refractivity contribution in [3.63, 3.8) is 0 Å². The van der Waals surface area contributed by atoms with Crippen molar-refractivity contribution in [3.8, 4) is 0 Å². The van der Waals surface area contributed by atoms with Crippen molar-refractivity contribution in [2.45, 2.75) is 45.1 Å². The van der Waals surface area contributed by atoms with E-state index >= 15 is 0 Å².